The quantitative estimate of drug-likeness (QED) is 0.454. The van der Waals surface area contributed by atoms with Crippen LogP contribution in [0.25, 0.3) is 0 Å². The third kappa shape index (κ3) is 5.62. The van der Waals surface area contributed by atoms with Crippen LogP contribution in [0, 0.1) is 0 Å². The average Bonchev–Trinajstić information content (AvgIpc) is 2.65. The van der Waals surface area contributed by atoms with Gasteiger partial charge in [-0.25, -0.2) is 5.43 Å². The first-order valence-electron chi connectivity index (χ1n) is 8.23. The fraction of sp³-hybridized carbons (Fsp3) is 0.211. The van der Waals surface area contributed by atoms with Crippen LogP contribution in [0.15, 0.2) is 53.6 Å². The van der Waals surface area contributed by atoms with Crippen molar-refractivity contribution in [2.24, 2.45) is 5.10 Å². The van der Waals surface area contributed by atoms with Crippen LogP contribution in [0.2, 0.25) is 0 Å². The number of rotatable bonds is 7. The number of hydrogen-bond acceptors (Lipinski definition) is 5. The van der Waals surface area contributed by atoms with Crippen molar-refractivity contribution in [3.05, 3.63) is 54.1 Å². The molecule has 136 valence electrons. The van der Waals surface area contributed by atoms with Gasteiger partial charge < -0.3 is 14.8 Å². The highest BCUT2D eigenvalue weighted by atomic mass is 16.5. The zero-order valence-corrected chi connectivity index (χ0v) is 14.7. The van der Waals surface area contributed by atoms with E-state index in [1.54, 1.807) is 36.4 Å². The van der Waals surface area contributed by atoms with Gasteiger partial charge in [0.15, 0.2) is 0 Å². The van der Waals surface area contributed by atoms with E-state index in [9.17, 15) is 9.59 Å². The first-order chi connectivity index (χ1) is 12.6. The van der Waals surface area contributed by atoms with Crippen molar-refractivity contribution in [3.63, 3.8) is 0 Å². The summed E-state index contributed by atoms with van der Waals surface area (Å²) in [6.07, 6.45) is 1.42. The lowest BCUT2D eigenvalue weighted by Crippen LogP contribution is -2.32. The van der Waals surface area contributed by atoms with Gasteiger partial charge >= 0.3 is 11.8 Å². The van der Waals surface area contributed by atoms with Gasteiger partial charge in [-0.15, -0.1) is 0 Å². The smallest absolute Gasteiger partial charge is 0.329 e. The fourth-order valence-electron chi connectivity index (χ4n) is 2.07. The molecular weight excluding hydrogens is 334 g/mol. The average molecular weight is 355 g/mol. The molecule has 2 N–H and O–H groups in total. The zero-order valence-electron chi connectivity index (χ0n) is 14.7. The number of hydrogen-bond donors (Lipinski definition) is 2. The van der Waals surface area contributed by atoms with Crippen LogP contribution < -0.4 is 20.2 Å². The van der Waals surface area contributed by atoms with Crippen molar-refractivity contribution < 1.29 is 19.1 Å². The van der Waals surface area contributed by atoms with E-state index in [4.69, 9.17) is 9.47 Å². The first-order valence-corrected chi connectivity index (χ1v) is 8.23. The molecule has 0 unspecified atom stereocenters. The number of nitrogens with one attached hydrogen (secondary N) is 2. The van der Waals surface area contributed by atoms with Gasteiger partial charge in [0.2, 0.25) is 0 Å². The highest BCUT2D eigenvalue weighted by Gasteiger charge is 2.13. The molecule has 0 aromatic heterocycles. The van der Waals surface area contributed by atoms with Gasteiger partial charge in [-0.2, -0.15) is 5.10 Å². The molecule has 0 spiro atoms. The van der Waals surface area contributed by atoms with E-state index in [0.717, 1.165) is 0 Å². The van der Waals surface area contributed by atoms with Crippen LogP contribution in [0.1, 0.15) is 19.4 Å². The minimum Gasteiger partial charge on any atom is -0.494 e. The Hall–Kier alpha value is -3.35. The molecule has 2 aromatic carbocycles. The number of carbonyl (C=O) groups is 2. The molecule has 2 rings (SSSR count). The Morgan fingerprint density at radius 3 is 2.35 bits per heavy atom. The van der Waals surface area contributed by atoms with Crippen LogP contribution >= 0.6 is 0 Å². The Morgan fingerprint density at radius 1 is 0.962 bits per heavy atom. The van der Waals surface area contributed by atoms with E-state index in [2.05, 4.69) is 15.8 Å². The summed E-state index contributed by atoms with van der Waals surface area (Å²) in [4.78, 5) is 23.7. The van der Waals surface area contributed by atoms with Gasteiger partial charge in [0.05, 0.1) is 19.4 Å². The molecule has 26 heavy (non-hydrogen) atoms. The lowest BCUT2D eigenvalue weighted by atomic mass is 10.2. The molecule has 0 aliphatic carbocycles. The summed E-state index contributed by atoms with van der Waals surface area (Å²) in [5, 5.41) is 6.29. The molecule has 7 nitrogen and oxygen atoms in total. The van der Waals surface area contributed by atoms with E-state index >= 15 is 0 Å². The van der Waals surface area contributed by atoms with Crippen LogP contribution in [-0.2, 0) is 9.59 Å². The number of amides is 2. The molecule has 0 radical (unpaired) electrons. The van der Waals surface area contributed by atoms with E-state index in [-0.39, 0.29) is 0 Å². The third-order valence-corrected chi connectivity index (χ3v) is 3.22. The standard InChI is InChI=1S/C19H21N3O4/c1-3-25-16-11-9-15(10-12-16)21-18(23)19(24)22-20-13-14-7-5-6-8-17(14)26-4-2/h5-13H,3-4H2,1-2H3,(H,21,23)(H,22,24). The maximum atomic E-state index is 11.9. The number of benzene rings is 2. The first kappa shape index (κ1) is 19.0. The van der Waals surface area contributed by atoms with Gasteiger partial charge in [0.1, 0.15) is 11.5 Å². The van der Waals surface area contributed by atoms with Crippen molar-refractivity contribution in [1.82, 2.24) is 5.43 Å². The van der Waals surface area contributed by atoms with Crippen molar-refractivity contribution in [3.8, 4) is 11.5 Å². The van der Waals surface area contributed by atoms with Gasteiger partial charge in [0, 0.05) is 11.3 Å². The summed E-state index contributed by atoms with van der Waals surface area (Å²) in [6, 6.07) is 14.0. The molecule has 0 bridgehead atoms. The molecule has 2 amide bonds. The molecule has 0 heterocycles. The minimum absolute atomic E-state index is 0.485. The highest BCUT2D eigenvalue weighted by molar-refractivity contribution is 6.39. The number of nitrogens with zero attached hydrogens (tertiary/aromatic N) is 1. The Balaban J connectivity index is 1.90. The summed E-state index contributed by atoms with van der Waals surface area (Å²) >= 11 is 0. The van der Waals surface area contributed by atoms with E-state index in [1.165, 1.54) is 6.21 Å². The van der Waals surface area contributed by atoms with Gasteiger partial charge in [-0.1, -0.05) is 12.1 Å². The molecule has 0 atom stereocenters. The number of para-hydroxylation sites is 1. The van der Waals surface area contributed by atoms with Crippen LogP contribution in [-0.4, -0.2) is 31.2 Å². The second-order valence-electron chi connectivity index (χ2n) is 5.08. The Kier molecular flexibility index (Phi) is 7.17. The lowest BCUT2D eigenvalue weighted by molar-refractivity contribution is -0.136. The summed E-state index contributed by atoms with van der Waals surface area (Å²) in [5.41, 5.74) is 3.37. The van der Waals surface area contributed by atoms with Crippen LogP contribution in [0.3, 0.4) is 0 Å². The summed E-state index contributed by atoms with van der Waals surface area (Å²) in [6.45, 7) is 4.83. The van der Waals surface area contributed by atoms with Crippen LogP contribution in [0.5, 0.6) is 11.5 Å². The molecule has 2 aromatic rings. The number of hydrazone groups is 1. The predicted octanol–water partition coefficient (Wildman–Crippen LogP) is 2.57. The van der Waals surface area contributed by atoms with E-state index < -0.39 is 11.8 Å². The Bertz CT molecular complexity index is 773. The van der Waals surface area contributed by atoms with Crippen LogP contribution in [0.4, 0.5) is 5.69 Å². The highest BCUT2D eigenvalue weighted by Crippen LogP contribution is 2.16. The molecule has 0 saturated heterocycles. The molecule has 0 aliphatic rings. The van der Waals surface area contributed by atoms with Crippen molar-refractivity contribution >= 4 is 23.7 Å². The summed E-state index contributed by atoms with van der Waals surface area (Å²) in [7, 11) is 0. The maximum Gasteiger partial charge on any atom is 0.329 e. The van der Waals surface area contributed by atoms with Crippen molar-refractivity contribution in [2.45, 2.75) is 13.8 Å². The molecule has 7 heteroatoms. The second-order valence-corrected chi connectivity index (χ2v) is 5.08. The monoisotopic (exact) mass is 355 g/mol. The van der Waals surface area contributed by atoms with E-state index in [0.29, 0.717) is 36.0 Å². The Morgan fingerprint density at radius 2 is 1.65 bits per heavy atom. The maximum absolute atomic E-state index is 11.9. The van der Waals surface area contributed by atoms with Gasteiger partial charge in [-0.3, -0.25) is 9.59 Å². The fourth-order valence-corrected chi connectivity index (χ4v) is 2.07. The van der Waals surface area contributed by atoms with Crippen molar-refractivity contribution in [1.29, 1.82) is 0 Å². The topological polar surface area (TPSA) is 89.0 Å². The van der Waals surface area contributed by atoms with Gasteiger partial charge in [-0.05, 0) is 50.2 Å². The third-order valence-electron chi connectivity index (χ3n) is 3.22. The second kappa shape index (κ2) is 9.83. The lowest BCUT2D eigenvalue weighted by Gasteiger charge is -2.07. The van der Waals surface area contributed by atoms with Crippen molar-refractivity contribution in [2.75, 3.05) is 18.5 Å². The predicted molar refractivity (Wildman–Crippen MR) is 99.6 cm³/mol. The molecule has 0 fully saturated rings. The largest absolute Gasteiger partial charge is 0.494 e. The van der Waals surface area contributed by atoms with Gasteiger partial charge in [0.25, 0.3) is 0 Å². The summed E-state index contributed by atoms with van der Waals surface area (Å²) in [5.74, 6) is -0.354. The number of anilines is 1. The SMILES string of the molecule is CCOc1ccc(NC(=O)C(=O)NN=Cc2ccccc2OCC)cc1. The molecular formula is C19H21N3O4. The van der Waals surface area contributed by atoms with E-state index in [1.807, 2.05) is 26.0 Å². The zero-order chi connectivity index (χ0) is 18.8. The molecule has 0 aliphatic heterocycles. The number of carbonyl (C=O) groups excluding carboxylic acids is 2. The normalized spacial score (nSPS) is 10.4. The minimum atomic E-state index is -0.871. The summed E-state index contributed by atoms with van der Waals surface area (Å²) < 4.78 is 10.8. The molecule has 0 saturated carbocycles. The number of ether oxygens (including phenoxy) is 2. The Labute approximate surface area is 152 Å².